The molecule has 0 aromatic carbocycles. The summed E-state index contributed by atoms with van der Waals surface area (Å²) in [4.78, 5) is 0. The van der Waals surface area contributed by atoms with E-state index in [2.05, 4.69) is 26.8 Å². The first-order valence-corrected chi connectivity index (χ1v) is 8.46. The van der Waals surface area contributed by atoms with Crippen LogP contribution in [0.3, 0.4) is 0 Å². The van der Waals surface area contributed by atoms with Crippen LogP contribution in [0, 0.1) is 23.7 Å². The Kier molecular flexibility index (Phi) is 5.33. The van der Waals surface area contributed by atoms with E-state index in [0.717, 1.165) is 23.7 Å². The van der Waals surface area contributed by atoms with Gasteiger partial charge in [0.1, 0.15) is 0 Å². The second kappa shape index (κ2) is 6.78. The van der Waals surface area contributed by atoms with Crippen molar-refractivity contribution in [3.63, 3.8) is 0 Å². The second-order valence-electron chi connectivity index (χ2n) is 6.61. The molecule has 2 aliphatic rings. The zero-order valence-corrected chi connectivity index (χ0v) is 12.8. The van der Waals surface area contributed by atoms with Gasteiger partial charge < -0.3 is 0 Å². The van der Waals surface area contributed by atoms with Gasteiger partial charge in [-0.1, -0.05) is 64.0 Å². The lowest BCUT2D eigenvalue weighted by atomic mass is 9.73. The van der Waals surface area contributed by atoms with Gasteiger partial charge in [0.2, 0.25) is 0 Å². The molecule has 0 radical (unpaired) electrons. The fraction of sp³-hybridized carbons (Fsp3) is 0.889. The maximum absolute atomic E-state index is 2.43. The van der Waals surface area contributed by atoms with Crippen LogP contribution in [-0.2, 0) is 0 Å². The Bertz CT molecular complexity index is 276. The fourth-order valence-corrected chi connectivity index (χ4v) is 4.81. The van der Waals surface area contributed by atoms with Gasteiger partial charge in [-0.05, 0) is 49.9 Å². The molecule has 0 spiro atoms. The summed E-state index contributed by atoms with van der Waals surface area (Å²) in [5.41, 5.74) is 1.81. The van der Waals surface area contributed by atoms with Gasteiger partial charge >= 0.3 is 0 Å². The maximum Gasteiger partial charge on any atom is -0.0169 e. The van der Waals surface area contributed by atoms with E-state index in [-0.39, 0.29) is 0 Å². The summed E-state index contributed by atoms with van der Waals surface area (Å²) in [5.74, 6) is 4.13. The van der Waals surface area contributed by atoms with Crippen LogP contribution in [0.25, 0.3) is 0 Å². The van der Waals surface area contributed by atoms with Crippen molar-refractivity contribution >= 4 is 0 Å². The van der Waals surface area contributed by atoms with Crippen molar-refractivity contribution in [3.8, 4) is 0 Å². The van der Waals surface area contributed by atoms with Crippen LogP contribution in [0.1, 0.15) is 78.6 Å². The average Bonchev–Trinajstić information content (AvgIpc) is 2.95. The molecule has 18 heavy (non-hydrogen) atoms. The zero-order chi connectivity index (χ0) is 13.0. The zero-order valence-electron chi connectivity index (χ0n) is 12.8. The first-order valence-electron chi connectivity index (χ1n) is 8.46. The molecule has 0 aliphatic heterocycles. The van der Waals surface area contributed by atoms with E-state index in [4.69, 9.17) is 0 Å². The number of unbranched alkanes of at least 4 members (excludes halogenated alkanes) is 4. The van der Waals surface area contributed by atoms with Crippen molar-refractivity contribution in [2.24, 2.45) is 23.7 Å². The number of hydrogen-bond acceptors (Lipinski definition) is 0. The first-order chi connectivity index (χ1) is 8.81. The van der Waals surface area contributed by atoms with Crippen molar-refractivity contribution in [1.82, 2.24) is 0 Å². The van der Waals surface area contributed by atoms with E-state index in [1.807, 2.05) is 5.57 Å². The number of allylic oxidation sites excluding steroid dienone is 2. The molecular weight excluding hydrogens is 216 g/mol. The van der Waals surface area contributed by atoms with Gasteiger partial charge in [-0.3, -0.25) is 0 Å². The summed E-state index contributed by atoms with van der Waals surface area (Å²) in [7, 11) is 0. The maximum atomic E-state index is 2.43. The molecule has 2 saturated carbocycles. The van der Waals surface area contributed by atoms with E-state index >= 15 is 0 Å². The summed E-state index contributed by atoms with van der Waals surface area (Å²) >= 11 is 0. The molecule has 0 heteroatoms. The predicted molar refractivity (Wildman–Crippen MR) is 80.6 cm³/mol. The van der Waals surface area contributed by atoms with Crippen LogP contribution in [0.2, 0.25) is 0 Å². The molecule has 4 atom stereocenters. The molecule has 2 rings (SSSR count). The molecule has 0 heterocycles. The summed E-state index contributed by atoms with van der Waals surface area (Å²) in [6, 6.07) is 0. The van der Waals surface area contributed by atoms with Gasteiger partial charge in [-0.25, -0.2) is 0 Å². The van der Waals surface area contributed by atoms with Crippen LogP contribution in [-0.4, -0.2) is 0 Å². The minimum absolute atomic E-state index is 0.983. The van der Waals surface area contributed by atoms with Gasteiger partial charge in [0.25, 0.3) is 0 Å². The Hall–Kier alpha value is -0.260. The van der Waals surface area contributed by atoms with Gasteiger partial charge in [0.05, 0.1) is 0 Å². The molecule has 2 bridgehead atoms. The number of hydrogen-bond donors (Lipinski definition) is 0. The SMILES string of the molecule is C/C=C1/CC2CC1C(CCCCCCC)C2CC. The Labute approximate surface area is 114 Å². The van der Waals surface area contributed by atoms with Crippen LogP contribution < -0.4 is 0 Å². The molecule has 0 nitrogen and oxygen atoms in total. The third-order valence-electron chi connectivity index (χ3n) is 5.69. The van der Waals surface area contributed by atoms with Crippen molar-refractivity contribution in [3.05, 3.63) is 11.6 Å². The summed E-state index contributed by atoms with van der Waals surface area (Å²) in [6.07, 6.45) is 15.6. The minimum atomic E-state index is 0.983. The van der Waals surface area contributed by atoms with Crippen LogP contribution >= 0.6 is 0 Å². The molecular formula is C18H32. The van der Waals surface area contributed by atoms with Crippen molar-refractivity contribution in [2.45, 2.75) is 78.6 Å². The molecule has 0 saturated heterocycles. The molecule has 2 aliphatic carbocycles. The Morgan fingerprint density at radius 2 is 1.83 bits per heavy atom. The quantitative estimate of drug-likeness (QED) is 0.384. The lowest BCUT2D eigenvalue weighted by Crippen LogP contribution is -2.23. The van der Waals surface area contributed by atoms with E-state index < -0.39 is 0 Å². The van der Waals surface area contributed by atoms with E-state index in [1.54, 1.807) is 0 Å². The Morgan fingerprint density at radius 3 is 2.50 bits per heavy atom. The predicted octanol–water partition coefficient (Wildman–Crippen LogP) is 5.98. The lowest BCUT2D eigenvalue weighted by molar-refractivity contribution is 0.233. The Balaban J connectivity index is 1.82. The monoisotopic (exact) mass is 248 g/mol. The van der Waals surface area contributed by atoms with E-state index in [1.165, 1.54) is 57.8 Å². The topological polar surface area (TPSA) is 0 Å². The smallest absolute Gasteiger partial charge is 0.0169 e. The molecule has 2 fully saturated rings. The van der Waals surface area contributed by atoms with E-state index in [9.17, 15) is 0 Å². The summed E-state index contributed by atoms with van der Waals surface area (Å²) < 4.78 is 0. The van der Waals surface area contributed by atoms with Gasteiger partial charge in [-0.15, -0.1) is 0 Å². The van der Waals surface area contributed by atoms with Crippen LogP contribution in [0.4, 0.5) is 0 Å². The molecule has 0 aromatic rings. The second-order valence-corrected chi connectivity index (χ2v) is 6.61. The van der Waals surface area contributed by atoms with Crippen molar-refractivity contribution < 1.29 is 0 Å². The third kappa shape index (κ3) is 2.83. The third-order valence-corrected chi connectivity index (χ3v) is 5.69. The Morgan fingerprint density at radius 1 is 1.06 bits per heavy atom. The van der Waals surface area contributed by atoms with E-state index in [0.29, 0.717) is 0 Å². The van der Waals surface area contributed by atoms with Crippen molar-refractivity contribution in [1.29, 1.82) is 0 Å². The van der Waals surface area contributed by atoms with Crippen LogP contribution in [0.5, 0.6) is 0 Å². The summed E-state index contributed by atoms with van der Waals surface area (Å²) in [6.45, 7) is 6.99. The highest BCUT2D eigenvalue weighted by molar-refractivity contribution is 5.19. The number of fused-ring (bicyclic) bond motifs is 2. The first kappa shape index (κ1) is 14.2. The lowest BCUT2D eigenvalue weighted by Gasteiger charge is -2.32. The highest BCUT2D eigenvalue weighted by atomic mass is 14.5. The molecule has 0 aromatic heterocycles. The largest absolute Gasteiger partial charge is 0.0882 e. The molecule has 0 amide bonds. The van der Waals surface area contributed by atoms with Gasteiger partial charge in [0.15, 0.2) is 0 Å². The standard InChI is InChI=1S/C18H32/c1-4-7-8-9-10-11-17-16(6-3)15-12-14(5-2)18(17)13-15/h5,15-18H,4,6-13H2,1-3H3/b14-5-. The minimum Gasteiger partial charge on any atom is -0.0882 e. The van der Waals surface area contributed by atoms with Crippen LogP contribution in [0.15, 0.2) is 11.6 Å². The molecule has 0 N–H and O–H groups in total. The highest BCUT2D eigenvalue weighted by Crippen LogP contribution is 2.57. The summed E-state index contributed by atoms with van der Waals surface area (Å²) in [5, 5.41) is 0. The average molecular weight is 248 g/mol. The molecule has 104 valence electrons. The molecule has 4 unspecified atom stereocenters. The van der Waals surface area contributed by atoms with Gasteiger partial charge in [0, 0.05) is 0 Å². The van der Waals surface area contributed by atoms with Gasteiger partial charge in [-0.2, -0.15) is 0 Å². The van der Waals surface area contributed by atoms with Crippen molar-refractivity contribution in [2.75, 3.05) is 0 Å². The highest BCUT2D eigenvalue weighted by Gasteiger charge is 2.48. The number of rotatable bonds is 7. The fourth-order valence-electron chi connectivity index (χ4n) is 4.81. The normalized spacial score (nSPS) is 36.7.